The Labute approximate surface area is 147 Å². The minimum absolute atomic E-state index is 0.0332. The number of carbonyl (C=O) groups is 1. The van der Waals surface area contributed by atoms with Crippen molar-refractivity contribution < 1.29 is 9.90 Å². The van der Waals surface area contributed by atoms with Gasteiger partial charge in [0, 0.05) is 36.5 Å². The van der Waals surface area contributed by atoms with Gasteiger partial charge in [0.15, 0.2) is 0 Å². The van der Waals surface area contributed by atoms with Gasteiger partial charge in [-0.3, -0.25) is 4.79 Å². The molecule has 3 aromatic rings. The van der Waals surface area contributed by atoms with E-state index in [0.717, 1.165) is 16.6 Å². The lowest BCUT2D eigenvalue weighted by atomic mass is 10.1. The zero-order chi connectivity index (χ0) is 17.6. The van der Waals surface area contributed by atoms with Gasteiger partial charge in [0.2, 0.25) is 5.91 Å². The number of aromatic nitrogens is 1. The molecule has 0 aliphatic carbocycles. The van der Waals surface area contributed by atoms with Crippen LogP contribution in [0.1, 0.15) is 23.1 Å². The second kappa shape index (κ2) is 7.99. The highest BCUT2D eigenvalue weighted by molar-refractivity contribution is 5.84. The van der Waals surface area contributed by atoms with Crippen molar-refractivity contribution in [1.82, 2.24) is 10.3 Å². The fourth-order valence-corrected chi connectivity index (χ4v) is 3.03. The third-order valence-electron chi connectivity index (χ3n) is 4.39. The number of aliphatic hydroxyl groups excluding tert-OH is 1. The van der Waals surface area contributed by atoms with Crippen molar-refractivity contribution in [1.29, 1.82) is 0 Å². The Bertz CT molecular complexity index is 839. The number of aryl methyl sites for hydroxylation is 2. The first-order valence-corrected chi connectivity index (χ1v) is 8.67. The smallest absolute Gasteiger partial charge is 0.220 e. The van der Waals surface area contributed by atoms with E-state index in [2.05, 4.69) is 35.4 Å². The molecule has 1 unspecified atom stereocenters. The van der Waals surface area contributed by atoms with Crippen molar-refractivity contribution in [3.8, 4) is 0 Å². The summed E-state index contributed by atoms with van der Waals surface area (Å²) in [6, 6.07) is 16.1. The number of amides is 1. The number of rotatable bonds is 7. The van der Waals surface area contributed by atoms with Crippen LogP contribution in [0.4, 0.5) is 0 Å². The normalized spacial score (nSPS) is 12.2. The first-order valence-electron chi connectivity index (χ1n) is 8.67. The molecule has 1 amide bonds. The molecule has 0 saturated heterocycles. The Kier molecular flexibility index (Phi) is 5.51. The van der Waals surface area contributed by atoms with Gasteiger partial charge in [-0.2, -0.15) is 0 Å². The summed E-state index contributed by atoms with van der Waals surface area (Å²) in [5, 5.41) is 14.1. The molecule has 3 rings (SSSR count). The molecule has 0 aliphatic heterocycles. The van der Waals surface area contributed by atoms with Crippen LogP contribution in [-0.4, -0.2) is 28.6 Å². The highest BCUT2D eigenvalue weighted by Gasteiger charge is 2.10. The van der Waals surface area contributed by atoms with Crippen LogP contribution in [0.2, 0.25) is 0 Å². The number of fused-ring (bicyclic) bond motifs is 1. The molecular weight excluding hydrogens is 312 g/mol. The van der Waals surface area contributed by atoms with E-state index in [1.54, 1.807) is 0 Å². The minimum Gasteiger partial charge on any atom is -0.391 e. The predicted octanol–water partition coefficient (Wildman–Crippen LogP) is 3.13. The number of benzene rings is 2. The molecule has 0 fully saturated rings. The van der Waals surface area contributed by atoms with Crippen LogP contribution < -0.4 is 5.32 Å². The number of aliphatic hydroxyl groups is 1. The van der Waals surface area contributed by atoms with Crippen molar-refractivity contribution >= 4 is 16.8 Å². The predicted molar refractivity (Wildman–Crippen MR) is 101 cm³/mol. The third kappa shape index (κ3) is 4.70. The summed E-state index contributed by atoms with van der Waals surface area (Å²) in [6.07, 6.45) is 3.05. The maximum Gasteiger partial charge on any atom is 0.220 e. The molecule has 3 N–H and O–H groups in total. The Morgan fingerprint density at radius 2 is 2.00 bits per heavy atom. The van der Waals surface area contributed by atoms with Crippen LogP contribution in [0.25, 0.3) is 10.9 Å². The average molecular weight is 336 g/mol. The lowest BCUT2D eigenvalue weighted by Crippen LogP contribution is -2.33. The number of carbonyl (C=O) groups excluding carboxylic acids is 1. The fourth-order valence-electron chi connectivity index (χ4n) is 3.03. The topological polar surface area (TPSA) is 65.1 Å². The Morgan fingerprint density at radius 1 is 1.20 bits per heavy atom. The molecule has 1 aromatic heterocycles. The zero-order valence-electron chi connectivity index (χ0n) is 14.5. The molecule has 0 aliphatic rings. The molecule has 1 heterocycles. The molecule has 4 heteroatoms. The van der Waals surface area contributed by atoms with Gasteiger partial charge in [0.1, 0.15) is 0 Å². The van der Waals surface area contributed by atoms with E-state index in [1.165, 1.54) is 10.9 Å². The largest absolute Gasteiger partial charge is 0.391 e. The van der Waals surface area contributed by atoms with Gasteiger partial charge in [0.05, 0.1) is 6.10 Å². The molecular formula is C21H24N2O2. The van der Waals surface area contributed by atoms with Gasteiger partial charge in [0.25, 0.3) is 0 Å². The maximum absolute atomic E-state index is 12.1. The molecule has 0 bridgehead atoms. The van der Waals surface area contributed by atoms with Gasteiger partial charge in [-0.25, -0.2) is 0 Å². The third-order valence-corrected chi connectivity index (χ3v) is 4.39. The van der Waals surface area contributed by atoms with Gasteiger partial charge in [-0.1, -0.05) is 42.0 Å². The molecule has 2 aromatic carbocycles. The molecule has 130 valence electrons. The molecule has 4 nitrogen and oxygen atoms in total. The molecule has 25 heavy (non-hydrogen) atoms. The summed E-state index contributed by atoms with van der Waals surface area (Å²) >= 11 is 0. The van der Waals surface area contributed by atoms with E-state index < -0.39 is 6.10 Å². The van der Waals surface area contributed by atoms with E-state index in [-0.39, 0.29) is 12.5 Å². The molecule has 0 spiro atoms. The summed E-state index contributed by atoms with van der Waals surface area (Å²) in [5.74, 6) is -0.0332. The average Bonchev–Trinajstić information content (AvgIpc) is 3.01. The second-order valence-electron chi connectivity index (χ2n) is 6.51. The van der Waals surface area contributed by atoms with Crippen molar-refractivity contribution in [2.45, 2.75) is 32.3 Å². The number of aromatic amines is 1. The van der Waals surface area contributed by atoms with Crippen molar-refractivity contribution in [3.05, 3.63) is 71.4 Å². The van der Waals surface area contributed by atoms with Crippen LogP contribution in [0.5, 0.6) is 0 Å². The van der Waals surface area contributed by atoms with E-state index in [0.29, 0.717) is 19.3 Å². The zero-order valence-corrected chi connectivity index (χ0v) is 14.5. The quantitative estimate of drug-likeness (QED) is 0.621. The maximum atomic E-state index is 12.1. The lowest BCUT2D eigenvalue weighted by Gasteiger charge is -2.12. The second-order valence-corrected chi connectivity index (χ2v) is 6.51. The number of hydrogen-bond donors (Lipinski definition) is 3. The van der Waals surface area contributed by atoms with Gasteiger partial charge in [-0.15, -0.1) is 0 Å². The lowest BCUT2D eigenvalue weighted by molar-refractivity contribution is -0.121. The van der Waals surface area contributed by atoms with Crippen LogP contribution in [0.3, 0.4) is 0 Å². The highest BCUT2D eigenvalue weighted by atomic mass is 16.3. The van der Waals surface area contributed by atoms with Crippen LogP contribution in [-0.2, 0) is 17.6 Å². The molecule has 0 saturated carbocycles. The SMILES string of the molecule is Cc1ccc2[nH]cc(CCC(=O)NCC(O)Cc3ccccc3)c2c1. The van der Waals surface area contributed by atoms with Crippen molar-refractivity contribution in [2.75, 3.05) is 6.54 Å². The summed E-state index contributed by atoms with van der Waals surface area (Å²) in [4.78, 5) is 15.3. The summed E-state index contributed by atoms with van der Waals surface area (Å²) in [5.41, 5.74) is 4.53. The van der Waals surface area contributed by atoms with Gasteiger partial charge >= 0.3 is 0 Å². The van der Waals surface area contributed by atoms with E-state index in [1.807, 2.05) is 36.5 Å². The monoisotopic (exact) mass is 336 g/mol. The van der Waals surface area contributed by atoms with Crippen LogP contribution in [0, 0.1) is 6.92 Å². The number of H-pyrrole nitrogens is 1. The molecule has 1 atom stereocenters. The molecule has 0 radical (unpaired) electrons. The first kappa shape index (κ1) is 17.2. The summed E-state index contributed by atoms with van der Waals surface area (Å²) in [6.45, 7) is 2.35. The minimum atomic E-state index is -0.568. The Hall–Kier alpha value is -2.59. The van der Waals surface area contributed by atoms with Crippen molar-refractivity contribution in [3.63, 3.8) is 0 Å². The Morgan fingerprint density at radius 3 is 2.80 bits per heavy atom. The standard InChI is InChI=1S/C21H24N2O2/c1-15-7-9-20-19(11-15)17(13-22-20)8-10-21(25)23-14-18(24)12-16-5-3-2-4-6-16/h2-7,9,11,13,18,22,24H,8,10,12,14H2,1H3,(H,23,25). The number of hydrogen-bond acceptors (Lipinski definition) is 2. The summed E-state index contributed by atoms with van der Waals surface area (Å²) in [7, 11) is 0. The van der Waals surface area contributed by atoms with Gasteiger partial charge in [-0.05, 0) is 36.6 Å². The highest BCUT2D eigenvalue weighted by Crippen LogP contribution is 2.20. The van der Waals surface area contributed by atoms with Crippen LogP contribution >= 0.6 is 0 Å². The Balaban J connectivity index is 1.47. The summed E-state index contributed by atoms with van der Waals surface area (Å²) < 4.78 is 0. The van der Waals surface area contributed by atoms with Crippen molar-refractivity contribution in [2.24, 2.45) is 0 Å². The first-order chi connectivity index (χ1) is 12.1. The fraction of sp³-hybridized carbons (Fsp3) is 0.286. The van der Waals surface area contributed by atoms with E-state index in [9.17, 15) is 9.90 Å². The van der Waals surface area contributed by atoms with Crippen LogP contribution in [0.15, 0.2) is 54.7 Å². The van der Waals surface area contributed by atoms with E-state index >= 15 is 0 Å². The number of nitrogens with one attached hydrogen (secondary N) is 2. The van der Waals surface area contributed by atoms with Gasteiger partial charge < -0.3 is 15.4 Å². The van der Waals surface area contributed by atoms with E-state index in [4.69, 9.17) is 0 Å².